The van der Waals surface area contributed by atoms with Gasteiger partial charge in [-0.15, -0.1) is 0 Å². The minimum absolute atomic E-state index is 0.0729. The average molecular weight is 256 g/mol. The zero-order valence-corrected chi connectivity index (χ0v) is 10.8. The van der Waals surface area contributed by atoms with Gasteiger partial charge in [0.2, 0.25) is 5.91 Å². The standard InChI is InChI=1S/C12H17FN2OS/c1-8-3-4-10(13)5-11(8)15-12(16)7-17-6-9(2)14/h3-5,9H,6-7,14H2,1-2H3,(H,15,16). The molecular weight excluding hydrogens is 239 g/mol. The molecule has 0 fully saturated rings. The van der Waals surface area contributed by atoms with E-state index in [0.29, 0.717) is 11.4 Å². The molecule has 0 aliphatic rings. The zero-order valence-electron chi connectivity index (χ0n) is 10.00. The van der Waals surface area contributed by atoms with Crippen molar-refractivity contribution in [2.24, 2.45) is 5.73 Å². The van der Waals surface area contributed by atoms with Crippen molar-refractivity contribution >= 4 is 23.4 Å². The van der Waals surface area contributed by atoms with Crippen LogP contribution in [0.25, 0.3) is 0 Å². The van der Waals surface area contributed by atoms with Gasteiger partial charge in [0.1, 0.15) is 5.82 Å². The Morgan fingerprint density at radius 3 is 2.94 bits per heavy atom. The number of carbonyl (C=O) groups excluding carboxylic acids is 1. The largest absolute Gasteiger partial charge is 0.327 e. The van der Waals surface area contributed by atoms with Crippen molar-refractivity contribution in [1.82, 2.24) is 0 Å². The van der Waals surface area contributed by atoms with E-state index >= 15 is 0 Å². The Bertz CT molecular complexity index is 396. The van der Waals surface area contributed by atoms with Crippen LogP contribution in [0, 0.1) is 12.7 Å². The number of rotatable bonds is 5. The van der Waals surface area contributed by atoms with Crippen molar-refractivity contribution in [3.8, 4) is 0 Å². The number of nitrogens with one attached hydrogen (secondary N) is 1. The third-order valence-corrected chi connectivity index (χ3v) is 3.32. The lowest BCUT2D eigenvalue weighted by Crippen LogP contribution is -2.20. The fraction of sp³-hybridized carbons (Fsp3) is 0.417. The molecule has 5 heteroatoms. The van der Waals surface area contributed by atoms with Gasteiger partial charge >= 0.3 is 0 Å². The van der Waals surface area contributed by atoms with E-state index in [4.69, 9.17) is 5.73 Å². The molecule has 0 bridgehead atoms. The lowest BCUT2D eigenvalue weighted by atomic mass is 10.2. The van der Waals surface area contributed by atoms with Gasteiger partial charge in [0, 0.05) is 17.5 Å². The monoisotopic (exact) mass is 256 g/mol. The fourth-order valence-corrected chi connectivity index (χ4v) is 2.00. The highest BCUT2D eigenvalue weighted by Crippen LogP contribution is 2.16. The summed E-state index contributed by atoms with van der Waals surface area (Å²) in [5.41, 5.74) is 6.94. The van der Waals surface area contributed by atoms with Crippen LogP contribution >= 0.6 is 11.8 Å². The molecule has 0 heterocycles. The summed E-state index contributed by atoms with van der Waals surface area (Å²) in [6.07, 6.45) is 0. The van der Waals surface area contributed by atoms with Crippen molar-refractivity contribution in [1.29, 1.82) is 0 Å². The molecule has 94 valence electrons. The van der Waals surface area contributed by atoms with Gasteiger partial charge in [-0.3, -0.25) is 4.79 Å². The summed E-state index contributed by atoms with van der Waals surface area (Å²) >= 11 is 1.47. The van der Waals surface area contributed by atoms with Gasteiger partial charge in [0.25, 0.3) is 0 Å². The van der Waals surface area contributed by atoms with Crippen LogP contribution in [0.4, 0.5) is 10.1 Å². The summed E-state index contributed by atoms with van der Waals surface area (Å²) in [5.74, 6) is 0.575. The van der Waals surface area contributed by atoms with Crippen LogP contribution in [-0.4, -0.2) is 23.5 Å². The second-order valence-electron chi connectivity index (χ2n) is 4.00. The van der Waals surface area contributed by atoms with Gasteiger partial charge in [-0.05, 0) is 31.5 Å². The number of anilines is 1. The zero-order chi connectivity index (χ0) is 12.8. The molecule has 17 heavy (non-hydrogen) atoms. The lowest BCUT2D eigenvalue weighted by molar-refractivity contribution is -0.113. The molecule has 0 saturated carbocycles. The van der Waals surface area contributed by atoms with E-state index in [-0.39, 0.29) is 17.8 Å². The van der Waals surface area contributed by atoms with E-state index in [1.165, 1.54) is 23.9 Å². The summed E-state index contributed by atoms with van der Waals surface area (Å²) in [7, 11) is 0. The second-order valence-corrected chi connectivity index (χ2v) is 5.03. The van der Waals surface area contributed by atoms with Crippen LogP contribution in [0.3, 0.4) is 0 Å². The van der Waals surface area contributed by atoms with E-state index < -0.39 is 0 Å². The van der Waals surface area contributed by atoms with Crippen LogP contribution in [0.15, 0.2) is 18.2 Å². The first kappa shape index (κ1) is 14.0. The summed E-state index contributed by atoms with van der Waals surface area (Å²) in [4.78, 5) is 11.6. The maximum Gasteiger partial charge on any atom is 0.234 e. The lowest BCUT2D eigenvalue weighted by Gasteiger charge is -2.09. The van der Waals surface area contributed by atoms with Gasteiger partial charge in [-0.1, -0.05) is 6.07 Å². The first-order chi connectivity index (χ1) is 7.99. The third kappa shape index (κ3) is 5.19. The highest BCUT2D eigenvalue weighted by molar-refractivity contribution is 8.00. The third-order valence-electron chi connectivity index (χ3n) is 2.09. The Morgan fingerprint density at radius 2 is 2.29 bits per heavy atom. The van der Waals surface area contributed by atoms with Crippen LogP contribution in [0.1, 0.15) is 12.5 Å². The Morgan fingerprint density at radius 1 is 1.59 bits per heavy atom. The van der Waals surface area contributed by atoms with Gasteiger partial charge < -0.3 is 11.1 Å². The summed E-state index contributed by atoms with van der Waals surface area (Å²) in [6, 6.07) is 4.41. The molecule has 1 aromatic carbocycles. The summed E-state index contributed by atoms with van der Waals surface area (Å²) < 4.78 is 13.0. The minimum Gasteiger partial charge on any atom is -0.327 e. The van der Waals surface area contributed by atoms with Gasteiger partial charge in [-0.25, -0.2) is 4.39 Å². The predicted molar refractivity (Wildman–Crippen MR) is 70.7 cm³/mol. The van der Waals surface area contributed by atoms with Crippen molar-refractivity contribution in [3.63, 3.8) is 0 Å². The highest BCUT2D eigenvalue weighted by atomic mass is 32.2. The molecule has 0 aromatic heterocycles. The number of hydrogen-bond acceptors (Lipinski definition) is 3. The fourth-order valence-electron chi connectivity index (χ4n) is 1.25. The maximum atomic E-state index is 13.0. The molecule has 1 rings (SSSR count). The molecule has 0 radical (unpaired) electrons. The van der Waals surface area contributed by atoms with Crippen molar-refractivity contribution in [2.45, 2.75) is 19.9 Å². The molecule has 1 aromatic rings. The van der Waals surface area contributed by atoms with Crippen molar-refractivity contribution in [3.05, 3.63) is 29.6 Å². The number of carbonyl (C=O) groups is 1. The van der Waals surface area contributed by atoms with Gasteiger partial charge in [0.15, 0.2) is 0 Å². The quantitative estimate of drug-likeness (QED) is 0.848. The first-order valence-corrected chi connectivity index (χ1v) is 6.54. The maximum absolute atomic E-state index is 13.0. The van der Waals surface area contributed by atoms with Crippen LogP contribution in [-0.2, 0) is 4.79 Å². The SMILES string of the molecule is Cc1ccc(F)cc1NC(=O)CSCC(C)N. The van der Waals surface area contributed by atoms with Crippen LogP contribution in [0.5, 0.6) is 0 Å². The number of benzene rings is 1. The van der Waals surface area contributed by atoms with E-state index in [1.807, 2.05) is 13.8 Å². The number of hydrogen-bond donors (Lipinski definition) is 2. The average Bonchev–Trinajstić information content (AvgIpc) is 2.23. The smallest absolute Gasteiger partial charge is 0.234 e. The number of nitrogens with two attached hydrogens (primary N) is 1. The molecule has 0 saturated heterocycles. The number of aryl methyl sites for hydroxylation is 1. The molecular formula is C12H17FN2OS. The minimum atomic E-state index is -0.353. The van der Waals surface area contributed by atoms with Gasteiger partial charge in [0.05, 0.1) is 5.75 Å². The highest BCUT2D eigenvalue weighted by Gasteiger charge is 2.06. The van der Waals surface area contributed by atoms with Gasteiger partial charge in [-0.2, -0.15) is 11.8 Å². The van der Waals surface area contributed by atoms with Crippen molar-refractivity contribution in [2.75, 3.05) is 16.8 Å². The Kier molecular flexibility index (Phi) is 5.44. The molecule has 1 amide bonds. The topological polar surface area (TPSA) is 55.1 Å². The Balaban J connectivity index is 2.47. The Hall–Kier alpha value is -1.07. The van der Waals surface area contributed by atoms with E-state index in [2.05, 4.69) is 5.32 Å². The van der Waals surface area contributed by atoms with E-state index in [9.17, 15) is 9.18 Å². The molecule has 0 spiro atoms. The van der Waals surface area contributed by atoms with Crippen molar-refractivity contribution < 1.29 is 9.18 Å². The molecule has 1 atom stereocenters. The van der Waals surface area contributed by atoms with Crippen LogP contribution in [0.2, 0.25) is 0 Å². The summed E-state index contributed by atoms with van der Waals surface area (Å²) in [6.45, 7) is 3.71. The normalized spacial score (nSPS) is 12.2. The Labute approximate surface area is 105 Å². The number of thioether (sulfide) groups is 1. The first-order valence-electron chi connectivity index (χ1n) is 5.38. The van der Waals surface area contributed by atoms with Crippen LogP contribution < -0.4 is 11.1 Å². The molecule has 1 unspecified atom stereocenters. The summed E-state index contributed by atoms with van der Waals surface area (Å²) in [5, 5.41) is 2.68. The second kappa shape index (κ2) is 6.61. The van der Waals surface area contributed by atoms with E-state index in [1.54, 1.807) is 6.07 Å². The van der Waals surface area contributed by atoms with E-state index in [0.717, 1.165) is 11.3 Å². The number of amides is 1. The molecule has 0 aliphatic heterocycles. The molecule has 3 nitrogen and oxygen atoms in total. The predicted octanol–water partition coefficient (Wildman–Crippen LogP) is 2.15. The molecule has 0 aliphatic carbocycles. The molecule has 3 N–H and O–H groups in total. The number of halogens is 1.